The molecule has 1 aliphatic carbocycles. The summed E-state index contributed by atoms with van der Waals surface area (Å²) < 4.78 is 2.95. The van der Waals surface area contributed by atoms with Crippen LogP contribution in [0.1, 0.15) is 34.9 Å². The number of aromatic nitrogens is 3. The summed E-state index contributed by atoms with van der Waals surface area (Å²) in [6.07, 6.45) is 6.23. The van der Waals surface area contributed by atoms with Crippen molar-refractivity contribution in [3.05, 3.63) is 75.8 Å². The van der Waals surface area contributed by atoms with Gasteiger partial charge in [-0.2, -0.15) is 5.10 Å². The number of hydrogen-bond donors (Lipinski definition) is 0. The highest BCUT2D eigenvalue weighted by molar-refractivity contribution is 9.10. The summed E-state index contributed by atoms with van der Waals surface area (Å²) in [5, 5.41) is 4.88. The number of halogens is 1. The van der Waals surface area contributed by atoms with E-state index in [1.807, 2.05) is 17.8 Å². The SMILES string of the molecule is Cc1ncc(Br)cc1-n1cc2c(n1)C(c1ccccc1)CC2. The largest absolute Gasteiger partial charge is 0.258 e. The Morgan fingerprint density at radius 2 is 2.05 bits per heavy atom. The normalized spacial score (nSPS) is 16.7. The molecule has 0 N–H and O–H groups in total. The first kappa shape index (κ1) is 13.7. The van der Waals surface area contributed by atoms with Crippen LogP contribution in [0.3, 0.4) is 0 Å². The highest BCUT2D eigenvalue weighted by Gasteiger charge is 2.28. The van der Waals surface area contributed by atoms with Crippen molar-refractivity contribution in [2.45, 2.75) is 25.7 Å². The molecule has 0 saturated heterocycles. The molecule has 1 atom stereocenters. The highest BCUT2D eigenvalue weighted by Crippen LogP contribution is 2.37. The summed E-state index contributed by atoms with van der Waals surface area (Å²) in [7, 11) is 0. The van der Waals surface area contributed by atoms with Crippen molar-refractivity contribution in [3.63, 3.8) is 0 Å². The third kappa shape index (κ3) is 2.28. The van der Waals surface area contributed by atoms with Crippen molar-refractivity contribution in [2.75, 3.05) is 0 Å². The van der Waals surface area contributed by atoms with Crippen LogP contribution in [0, 0.1) is 6.92 Å². The Bertz CT molecular complexity index is 824. The fourth-order valence-electron chi connectivity index (χ4n) is 3.21. The highest BCUT2D eigenvalue weighted by atomic mass is 79.9. The molecular formula is C18H16BrN3. The standard InChI is InChI=1S/C18H16BrN3/c1-12-17(9-15(19)10-20-12)22-11-14-7-8-16(18(14)21-22)13-5-3-2-4-6-13/h2-6,9-11,16H,7-8H2,1H3. The molecule has 2 heterocycles. The maximum atomic E-state index is 4.88. The summed E-state index contributed by atoms with van der Waals surface area (Å²) in [5.41, 5.74) is 5.95. The topological polar surface area (TPSA) is 30.7 Å². The first-order chi connectivity index (χ1) is 10.7. The number of rotatable bonds is 2. The van der Waals surface area contributed by atoms with Crippen molar-refractivity contribution in [1.82, 2.24) is 14.8 Å². The monoisotopic (exact) mass is 353 g/mol. The molecular weight excluding hydrogens is 338 g/mol. The zero-order chi connectivity index (χ0) is 15.1. The number of nitrogens with zero attached hydrogens (tertiary/aromatic N) is 3. The van der Waals surface area contributed by atoms with Crippen molar-refractivity contribution in [1.29, 1.82) is 0 Å². The predicted molar refractivity (Wildman–Crippen MR) is 90.4 cm³/mol. The number of aryl methyl sites for hydroxylation is 2. The van der Waals surface area contributed by atoms with E-state index in [-0.39, 0.29) is 0 Å². The van der Waals surface area contributed by atoms with E-state index in [4.69, 9.17) is 5.10 Å². The van der Waals surface area contributed by atoms with Gasteiger partial charge in [0.05, 0.1) is 17.1 Å². The Labute approximate surface area is 138 Å². The fourth-order valence-corrected chi connectivity index (χ4v) is 3.53. The first-order valence-corrected chi connectivity index (χ1v) is 8.27. The summed E-state index contributed by atoms with van der Waals surface area (Å²) in [6, 6.07) is 12.7. The summed E-state index contributed by atoms with van der Waals surface area (Å²) >= 11 is 3.49. The minimum Gasteiger partial charge on any atom is -0.258 e. The van der Waals surface area contributed by atoms with Gasteiger partial charge in [-0.25, -0.2) is 4.68 Å². The summed E-state index contributed by atoms with van der Waals surface area (Å²) in [6.45, 7) is 2.02. The Hall–Kier alpha value is -1.94. The molecule has 4 rings (SSSR count). The smallest absolute Gasteiger partial charge is 0.0869 e. The van der Waals surface area contributed by atoms with Gasteiger partial charge in [0, 0.05) is 22.8 Å². The molecule has 4 heteroatoms. The minimum absolute atomic E-state index is 0.415. The van der Waals surface area contributed by atoms with Gasteiger partial charge in [-0.1, -0.05) is 30.3 Å². The number of benzene rings is 1. The van der Waals surface area contributed by atoms with Crippen molar-refractivity contribution >= 4 is 15.9 Å². The van der Waals surface area contributed by atoms with E-state index in [9.17, 15) is 0 Å². The summed E-state index contributed by atoms with van der Waals surface area (Å²) in [4.78, 5) is 4.41. The molecule has 22 heavy (non-hydrogen) atoms. The maximum Gasteiger partial charge on any atom is 0.0869 e. The van der Waals surface area contributed by atoms with E-state index >= 15 is 0 Å². The maximum absolute atomic E-state index is 4.88. The van der Waals surface area contributed by atoms with Gasteiger partial charge in [0.15, 0.2) is 0 Å². The number of pyridine rings is 1. The molecule has 3 nitrogen and oxygen atoms in total. The van der Waals surface area contributed by atoms with Crippen LogP contribution in [0.4, 0.5) is 0 Å². The zero-order valence-corrected chi connectivity index (χ0v) is 13.9. The average Bonchev–Trinajstić information content (AvgIpc) is 3.10. The van der Waals surface area contributed by atoms with Crippen molar-refractivity contribution in [2.24, 2.45) is 0 Å². The van der Waals surface area contributed by atoms with Crippen LogP contribution in [0.15, 0.2) is 53.3 Å². The lowest BCUT2D eigenvalue weighted by molar-refractivity contribution is 0.723. The molecule has 0 fully saturated rings. The molecule has 1 unspecified atom stereocenters. The van der Waals surface area contributed by atoms with E-state index in [0.717, 1.165) is 28.7 Å². The molecule has 0 spiro atoms. The van der Waals surface area contributed by atoms with E-state index in [0.29, 0.717) is 5.92 Å². The Balaban J connectivity index is 1.77. The van der Waals surface area contributed by atoms with Gasteiger partial charge in [0.25, 0.3) is 0 Å². The minimum atomic E-state index is 0.415. The van der Waals surface area contributed by atoms with Crippen LogP contribution in [-0.2, 0) is 6.42 Å². The van der Waals surface area contributed by atoms with E-state index < -0.39 is 0 Å². The molecule has 1 aliphatic rings. The Morgan fingerprint density at radius 3 is 2.86 bits per heavy atom. The van der Waals surface area contributed by atoms with Gasteiger partial charge in [-0.05, 0) is 52.9 Å². The van der Waals surface area contributed by atoms with Crippen LogP contribution in [0.25, 0.3) is 5.69 Å². The van der Waals surface area contributed by atoms with Gasteiger partial charge in [0.1, 0.15) is 0 Å². The van der Waals surface area contributed by atoms with E-state index in [1.165, 1.54) is 16.8 Å². The predicted octanol–water partition coefficient (Wildman–Crippen LogP) is 4.42. The lowest BCUT2D eigenvalue weighted by Gasteiger charge is -2.10. The van der Waals surface area contributed by atoms with Gasteiger partial charge < -0.3 is 0 Å². The second-order valence-corrected chi connectivity index (χ2v) is 6.66. The summed E-state index contributed by atoms with van der Waals surface area (Å²) in [5.74, 6) is 0.415. The van der Waals surface area contributed by atoms with Crippen molar-refractivity contribution in [3.8, 4) is 5.69 Å². The van der Waals surface area contributed by atoms with Crippen LogP contribution < -0.4 is 0 Å². The third-order valence-electron chi connectivity index (χ3n) is 4.33. The lowest BCUT2D eigenvalue weighted by Crippen LogP contribution is -2.03. The van der Waals surface area contributed by atoms with Gasteiger partial charge in [0.2, 0.25) is 0 Å². The molecule has 0 radical (unpaired) electrons. The molecule has 3 aromatic rings. The average molecular weight is 354 g/mol. The lowest BCUT2D eigenvalue weighted by atomic mass is 9.97. The number of hydrogen-bond acceptors (Lipinski definition) is 2. The van der Waals surface area contributed by atoms with Crippen LogP contribution in [0.5, 0.6) is 0 Å². The molecule has 2 aromatic heterocycles. The third-order valence-corrected chi connectivity index (χ3v) is 4.76. The molecule has 1 aromatic carbocycles. The molecule has 0 saturated carbocycles. The van der Waals surface area contributed by atoms with Gasteiger partial charge in [-0.3, -0.25) is 4.98 Å². The van der Waals surface area contributed by atoms with Gasteiger partial charge >= 0.3 is 0 Å². The second kappa shape index (κ2) is 5.36. The Morgan fingerprint density at radius 1 is 1.23 bits per heavy atom. The quantitative estimate of drug-likeness (QED) is 0.682. The van der Waals surface area contributed by atoms with Crippen molar-refractivity contribution < 1.29 is 0 Å². The second-order valence-electron chi connectivity index (χ2n) is 5.74. The van der Waals surface area contributed by atoms with Crippen LogP contribution in [0.2, 0.25) is 0 Å². The fraction of sp³-hybridized carbons (Fsp3) is 0.222. The van der Waals surface area contributed by atoms with Crippen LogP contribution in [-0.4, -0.2) is 14.8 Å². The number of fused-ring (bicyclic) bond motifs is 1. The molecule has 0 amide bonds. The van der Waals surface area contributed by atoms with Gasteiger partial charge in [-0.15, -0.1) is 0 Å². The zero-order valence-electron chi connectivity index (χ0n) is 12.3. The Kier molecular flexibility index (Phi) is 3.34. The molecule has 0 bridgehead atoms. The first-order valence-electron chi connectivity index (χ1n) is 7.48. The molecule has 0 aliphatic heterocycles. The van der Waals surface area contributed by atoms with E-state index in [1.54, 1.807) is 0 Å². The van der Waals surface area contributed by atoms with E-state index in [2.05, 4.69) is 63.5 Å². The molecule has 110 valence electrons. The van der Waals surface area contributed by atoms with Crippen LogP contribution >= 0.6 is 15.9 Å².